The second-order valence-electron chi connectivity index (χ2n) is 14.8. The Kier molecular flexibility index (Phi) is 39.2. The molecule has 0 aliphatic heterocycles. The molecular weight excluding hydrogens is 801 g/mol. The molecule has 1 unspecified atom stereocenters. The SMILES string of the molecule is C.C.C.C.C=C(C)C(=O)OCCOC(=O)CCN(CCC(=O)OCCOC(=O)C(C)C)CCN(CCC[Si](C)(OC)O[Si](C)(C)C)CCC(=O)OCCOC(=O)C(C)C. The Labute approximate surface area is 359 Å². The minimum atomic E-state index is -2.43. The second kappa shape index (κ2) is 35.6. The summed E-state index contributed by atoms with van der Waals surface area (Å²) in [5, 5.41) is 0. The van der Waals surface area contributed by atoms with Gasteiger partial charge in [0.2, 0.25) is 0 Å². The van der Waals surface area contributed by atoms with E-state index in [1.54, 1.807) is 34.8 Å². The molecule has 0 N–H and O–H groups in total. The zero-order chi connectivity index (χ0) is 42.0. The molecule has 0 bridgehead atoms. The fraction of sp³-hybridized carbons (Fsp3) is 0.805. The van der Waals surface area contributed by atoms with Crippen molar-refractivity contribution in [1.82, 2.24) is 9.80 Å². The minimum Gasteiger partial charge on any atom is -0.462 e. The van der Waals surface area contributed by atoms with Crippen LogP contribution in [0.5, 0.6) is 0 Å². The normalized spacial score (nSPS) is 11.8. The first kappa shape index (κ1) is 65.0. The van der Waals surface area contributed by atoms with E-state index in [1.165, 1.54) is 6.92 Å². The number of hydrogen-bond acceptors (Lipinski definition) is 16. The molecule has 0 aliphatic carbocycles. The first-order valence-corrected chi connectivity index (χ1v) is 24.9. The summed E-state index contributed by atoms with van der Waals surface area (Å²) in [4.78, 5) is 76.7. The van der Waals surface area contributed by atoms with Gasteiger partial charge in [0.25, 0.3) is 0 Å². The van der Waals surface area contributed by atoms with Gasteiger partial charge in [0.05, 0.1) is 31.1 Å². The number of nitrogens with zero attached hydrogens (tertiary/aromatic N) is 2. The highest BCUT2D eigenvalue weighted by molar-refractivity contribution is 6.81. The van der Waals surface area contributed by atoms with Gasteiger partial charge in [0.1, 0.15) is 39.6 Å². The molecular formula is C41H84N2O14Si2. The number of esters is 6. The summed E-state index contributed by atoms with van der Waals surface area (Å²) < 4.78 is 43.2. The van der Waals surface area contributed by atoms with E-state index in [0.717, 1.165) is 12.5 Å². The molecule has 18 heteroatoms. The van der Waals surface area contributed by atoms with E-state index in [1.807, 2.05) is 4.90 Å². The van der Waals surface area contributed by atoms with E-state index in [9.17, 15) is 28.8 Å². The van der Waals surface area contributed by atoms with E-state index in [4.69, 9.17) is 37.0 Å². The average Bonchev–Trinajstić information content (AvgIpc) is 3.10. The maximum Gasteiger partial charge on any atom is 0.333 e. The van der Waals surface area contributed by atoms with Crippen molar-refractivity contribution in [2.24, 2.45) is 11.8 Å². The molecule has 0 spiro atoms. The third-order valence-corrected chi connectivity index (χ3v) is 14.0. The van der Waals surface area contributed by atoms with Crippen LogP contribution in [0.4, 0.5) is 0 Å². The maximum absolute atomic E-state index is 12.6. The van der Waals surface area contributed by atoms with Gasteiger partial charge in [-0.3, -0.25) is 24.0 Å². The molecule has 0 aromatic heterocycles. The summed E-state index contributed by atoms with van der Waals surface area (Å²) in [6.45, 7) is 22.4. The van der Waals surface area contributed by atoms with Crippen LogP contribution in [0.25, 0.3) is 0 Å². The van der Waals surface area contributed by atoms with Crippen LogP contribution < -0.4 is 0 Å². The third kappa shape index (κ3) is 35.3. The molecule has 0 aromatic rings. The van der Waals surface area contributed by atoms with Gasteiger partial charge in [0.15, 0.2) is 8.32 Å². The first-order chi connectivity index (χ1) is 25.7. The predicted octanol–water partition coefficient (Wildman–Crippen LogP) is 6.41. The van der Waals surface area contributed by atoms with E-state index in [0.29, 0.717) is 26.2 Å². The number of hydrogen-bond donors (Lipinski definition) is 0. The highest BCUT2D eigenvalue weighted by Crippen LogP contribution is 2.21. The highest BCUT2D eigenvalue weighted by Gasteiger charge is 2.35. The highest BCUT2D eigenvalue weighted by atomic mass is 28.4. The Bertz CT molecular complexity index is 1210. The molecule has 0 radical (unpaired) electrons. The monoisotopic (exact) mass is 885 g/mol. The Morgan fingerprint density at radius 1 is 0.542 bits per heavy atom. The van der Waals surface area contributed by atoms with Gasteiger partial charge in [-0.2, -0.15) is 0 Å². The van der Waals surface area contributed by atoms with Crippen LogP contribution in [0.2, 0.25) is 32.2 Å². The van der Waals surface area contributed by atoms with Crippen molar-refractivity contribution in [3.63, 3.8) is 0 Å². The Balaban J connectivity index is -0.00000243. The Morgan fingerprint density at radius 3 is 1.20 bits per heavy atom. The van der Waals surface area contributed by atoms with E-state index >= 15 is 0 Å². The molecule has 0 rings (SSSR count). The van der Waals surface area contributed by atoms with Crippen molar-refractivity contribution in [3.05, 3.63) is 12.2 Å². The lowest BCUT2D eigenvalue weighted by Crippen LogP contribution is -2.47. The van der Waals surface area contributed by atoms with Crippen molar-refractivity contribution in [1.29, 1.82) is 0 Å². The molecule has 0 amide bonds. The summed E-state index contributed by atoms with van der Waals surface area (Å²) in [6.07, 6.45) is 0.869. The molecule has 350 valence electrons. The van der Waals surface area contributed by atoms with Gasteiger partial charge >= 0.3 is 44.4 Å². The molecule has 16 nitrogen and oxygen atoms in total. The van der Waals surface area contributed by atoms with Crippen molar-refractivity contribution < 1.29 is 65.7 Å². The molecule has 0 fully saturated rings. The van der Waals surface area contributed by atoms with Gasteiger partial charge in [-0.25, -0.2) is 4.79 Å². The summed E-state index contributed by atoms with van der Waals surface area (Å²) >= 11 is 0. The van der Waals surface area contributed by atoms with Crippen molar-refractivity contribution in [2.75, 3.05) is 86.0 Å². The summed E-state index contributed by atoms with van der Waals surface area (Å²) in [7, 11) is -2.61. The largest absolute Gasteiger partial charge is 0.462 e. The van der Waals surface area contributed by atoms with Crippen molar-refractivity contribution >= 4 is 52.7 Å². The molecule has 0 aliphatic rings. The zero-order valence-corrected chi connectivity index (χ0v) is 37.0. The predicted molar refractivity (Wildman–Crippen MR) is 236 cm³/mol. The molecule has 0 saturated heterocycles. The van der Waals surface area contributed by atoms with Gasteiger partial charge in [-0.1, -0.05) is 64.0 Å². The van der Waals surface area contributed by atoms with Crippen LogP contribution in [0, 0.1) is 11.8 Å². The smallest absolute Gasteiger partial charge is 0.333 e. The van der Waals surface area contributed by atoms with Crippen LogP contribution in [0.15, 0.2) is 12.2 Å². The van der Waals surface area contributed by atoms with Crippen LogP contribution in [0.3, 0.4) is 0 Å². The van der Waals surface area contributed by atoms with Gasteiger partial charge < -0.3 is 46.8 Å². The van der Waals surface area contributed by atoms with Crippen LogP contribution in [-0.4, -0.2) is 149 Å². The fourth-order valence-electron chi connectivity index (χ4n) is 4.73. The summed E-state index contributed by atoms with van der Waals surface area (Å²) in [5.74, 6) is -3.32. The van der Waals surface area contributed by atoms with E-state index < -0.39 is 40.8 Å². The third-order valence-electron chi connectivity index (χ3n) is 7.74. The zero-order valence-electron chi connectivity index (χ0n) is 35.0. The fourth-order valence-corrected chi connectivity index (χ4v) is 11.7. The Morgan fingerprint density at radius 2 is 0.881 bits per heavy atom. The standard InChI is InChI=1S/C37H68N2O14Si2.4CH4/c1-29(2)35(43)50-25-22-47-32(40)13-17-38(16-12-28-55(11,46-7)53-54(8,9)10)20-21-39(18-14-33(41)48-23-26-51-36(44)30(3)4)19-15-34(42)49-24-27-52-37(45)31(5)6;;;;/h29,31H,3,12-28H2,1-2,4-11H3;4*1H4. The molecule has 0 saturated carbocycles. The summed E-state index contributed by atoms with van der Waals surface area (Å²) in [6, 6.07) is 0.742. The average molecular weight is 885 g/mol. The number of ether oxygens (including phenoxy) is 6. The van der Waals surface area contributed by atoms with Gasteiger partial charge in [0, 0.05) is 45.4 Å². The second-order valence-corrected chi connectivity index (χ2v) is 23.0. The number of carbonyl (C=O) groups excluding carboxylic acids is 6. The van der Waals surface area contributed by atoms with E-state index in [2.05, 4.69) is 37.7 Å². The molecule has 59 heavy (non-hydrogen) atoms. The lowest BCUT2D eigenvalue weighted by Gasteiger charge is -2.33. The lowest BCUT2D eigenvalue weighted by atomic mass is 10.2. The number of carbonyl (C=O) groups is 6. The van der Waals surface area contributed by atoms with Crippen molar-refractivity contribution in [2.45, 2.75) is 122 Å². The van der Waals surface area contributed by atoms with Crippen molar-refractivity contribution in [3.8, 4) is 0 Å². The summed E-state index contributed by atoms with van der Waals surface area (Å²) in [5.41, 5.74) is 0.238. The lowest BCUT2D eigenvalue weighted by molar-refractivity contribution is -0.154. The van der Waals surface area contributed by atoms with Crippen LogP contribution in [0.1, 0.15) is 90.0 Å². The molecule has 0 heterocycles. The van der Waals surface area contributed by atoms with E-state index in [-0.39, 0.29) is 131 Å². The van der Waals surface area contributed by atoms with Gasteiger partial charge in [-0.15, -0.1) is 0 Å². The van der Waals surface area contributed by atoms with Crippen LogP contribution >= 0.6 is 0 Å². The molecule has 1 atom stereocenters. The topological polar surface area (TPSA) is 183 Å². The number of rotatable bonds is 31. The molecule has 0 aromatic carbocycles. The Hall–Kier alpha value is -3.17. The minimum absolute atomic E-state index is 0. The van der Waals surface area contributed by atoms with Gasteiger partial charge in [-0.05, 0) is 52.1 Å². The first-order valence-electron chi connectivity index (χ1n) is 19.0. The quantitative estimate of drug-likeness (QED) is 0.0244. The maximum atomic E-state index is 12.6. The van der Waals surface area contributed by atoms with Crippen LogP contribution in [-0.2, 0) is 65.7 Å².